The van der Waals surface area contributed by atoms with Gasteiger partial charge in [0.1, 0.15) is 11.6 Å². The monoisotopic (exact) mass is 299 g/mol. The van der Waals surface area contributed by atoms with Crippen LogP contribution in [0.4, 0.5) is 8.78 Å². The molecular formula is C18H15F2NO. The summed E-state index contributed by atoms with van der Waals surface area (Å²) in [7, 11) is 0. The van der Waals surface area contributed by atoms with E-state index in [2.05, 4.69) is 5.32 Å². The average Bonchev–Trinajstić information content (AvgIpc) is 2.53. The first-order chi connectivity index (χ1) is 10.4. The zero-order valence-electron chi connectivity index (χ0n) is 12.3. The fourth-order valence-corrected chi connectivity index (χ4v) is 2.68. The molecule has 2 aliphatic rings. The van der Waals surface area contributed by atoms with Gasteiger partial charge >= 0.3 is 0 Å². The topological polar surface area (TPSA) is 29.1 Å². The number of nitrogens with one attached hydrogen (secondary N) is 1. The fourth-order valence-electron chi connectivity index (χ4n) is 2.68. The van der Waals surface area contributed by atoms with E-state index < -0.39 is 11.2 Å². The van der Waals surface area contributed by atoms with Crippen molar-refractivity contribution in [3.8, 4) is 0 Å². The van der Waals surface area contributed by atoms with Crippen molar-refractivity contribution in [2.75, 3.05) is 0 Å². The van der Waals surface area contributed by atoms with Gasteiger partial charge in [-0.3, -0.25) is 4.79 Å². The van der Waals surface area contributed by atoms with Gasteiger partial charge in [-0.15, -0.1) is 0 Å². The first kappa shape index (κ1) is 14.4. The van der Waals surface area contributed by atoms with E-state index in [0.29, 0.717) is 22.4 Å². The minimum absolute atomic E-state index is 0.288. The van der Waals surface area contributed by atoms with Crippen LogP contribution in [0.25, 0.3) is 6.08 Å². The highest BCUT2D eigenvalue weighted by Gasteiger charge is 2.39. The maximum Gasteiger partial charge on any atom is 0.255 e. The maximum absolute atomic E-state index is 13.8. The molecule has 1 amide bonds. The summed E-state index contributed by atoms with van der Waals surface area (Å²) in [5, 5.41) is 2.81. The van der Waals surface area contributed by atoms with Crippen LogP contribution in [0.2, 0.25) is 0 Å². The SMILES string of the molecule is CC1(C)C2=CC=C(F)C=C1C(=Cc1ccc(F)cc1)C(=O)N2. The number of hydrogen-bond acceptors (Lipinski definition) is 1. The Morgan fingerprint density at radius 2 is 1.77 bits per heavy atom. The highest BCUT2D eigenvalue weighted by atomic mass is 19.1. The Labute approximate surface area is 127 Å². The van der Waals surface area contributed by atoms with Crippen LogP contribution < -0.4 is 5.32 Å². The van der Waals surface area contributed by atoms with Crippen LogP contribution in [0.3, 0.4) is 0 Å². The Morgan fingerprint density at radius 1 is 1.09 bits per heavy atom. The number of carbonyl (C=O) groups excluding carboxylic acids is 1. The molecule has 0 radical (unpaired) electrons. The molecule has 1 N–H and O–H groups in total. The zero-order valence-corrected chi connectivity index (χ0v) is 12.3. The molecular weight excluding hydrogens is 284 g/mol. The molecule has 1 aromatic rings. The fraction of sp³-hybridized carbons (Fsp3) is 0.167. The molecule has 1 aromatic carbocycles. The van der Waals surface area contributed by atoms with E-state index in [-0.39, 0.29) is 11.7 Å². The standard InChI is InChI=1S/C18H15F2NO/c1-18(2)15-10-13(20)7-8-16(18)21-17(22)14(15)9-11-3-5-12(19)6-4-11/h3-10H,1-2H3,(H,21,22). The molecule has 0 saturated carbocycles. The normalized spacial score (nSPS) is 21.5. The second-order valence-corrected chi connectivity index (χ2v) is 5.88. The van der Waals surface area contributed by atoms with Crippen LogP contribution in [0.1, 0.15) is 19.4 Å². The van der Waals surface area contributed by atoms with Crippen LogP contribution in [-0.2, 0) is 4.79 Å². The minimum Gasteiger partial charge on any atom is -0.325 e. The van der Waals surface area contributed by atoms with Crippen molar-refractivity contribution in [2.24, 2.45) is 5.41 Å². The van der Waals surface area contributed by atoms with Gasteiger partial charge in [0.05, 0.1) is 0 Å². The van der Waals surface area contributed by atoms with Crippen LogP contribution in [-0.4, -0.2) is 5.91 Å². The van der Waals surface area contributed by atoms with Gasteiger partial charge < -0.3 is 5.32 Å². The highest BCUT2D eigenvalue weighted by Crippen LogP contribution is 2.43. The molecule has 1 aliphatic carbocycles. The van der Waals surface area contributed by atoms with Gasteiger partial charge in [-0.1, -0.05) is 26.0 Å². The van der Waals surface area contributed by atoms with Gasteiger partial charge in [0.15, 0.2) is 0 Å². The highest BCUT2D eigenvalue weighted by molar-refractivity contribution is 6.05. The van der Waals surface area contributed by atoms with Crippen molar-refractivity contribution < 1.29 is 13.6 Å². The number of amides is 1. The van der Waals surface area contributed by atoms with Crippen molar-refractivity contribution in [3.63, 3.8) is 0 Å². The molecule has 1 aliphatic heterocycles. The van der Waals surface area contributed by atoms with Crippen LogP contribution in [0.15, 0.2) is 65.2 Å². The molecule has 4 heteroatoms. The van der Waals surface area contributed by atoms with Gasteiger partial charge in [-0.25, -0.2) is 8.78 Å². The third-order valence-corrected chi connectivity index (χ3v) is 4.00. The van der Waals surface area contributed by atoms with Gasteiger partial charge in [-0.2, -0.15) is 0 Å². The molecule has 2 nitrogen and oxygen atoms in total. The molecule has 22 heavy (non-hydrogen) atoms. The smallest absolute Gasteiger partial charge is 0.255 e. The van der Waals surface area contributed by atoms with E-state index in [9.17, 15) is 13.6 Å². The van der Waals surface area contributed by atoms with Gasteiger partial charge in [0.2, 0.25) is 0 Å². The molecule has 2 bridgehead atoms. The number of rotatable bonds is 1. The minimum atomic E-state index is -0.510. The summed E-state index contributed by atoms with van der Waals surface area (Å²) in [5.74, 6) is -1.03. The van der Waals surface area contributed by atoms with Crippen molar-refractivity contribution in [3.05, 3.63) is 76.5 Å². The lowest BCUT2D eigenvalue weighted by Gasteiger charge is -2.36. The molecule has 1 fully saturated rings. The predicted octanol–water partition coefficient (Wildman–Crippen LogP) is 4.04. The molecule has 0 unspecified atom stereocenters. The Kier molecular flexibility index (Phi) is 3.32. The summed E-state index contributed by atoms with van der Waals surface area (Å²) < 4.78 is 26.8. The van der Waals surface area contributed by atoms with Crippen LogP contribution in [0.5, 0.6) is 0 Å². The zero-order chi connectivity index (χ0) is 15.9. The van der Waals surface area contributed by atoms with E-state index in [1.165, 1.54) is 24.3 Å². The second-order valence-electron chi connectivity index (χ2n) is 5.88. The summed E-state index contributed by atoms with van der Waals surface area (Å²) >= 11 is 0. The number of fused-ring (bicyclic) bond motifs is 2. The average molecular weight is 299 g/mol. The third-order valence-electron chi connectivity index (χ3n) is 4.00. The first-order valence-corrected chi connectivity index (χ1v) is 6.97. The summed E-state index contributed by atoms with van der Waals surface area (Å²) in [6.45, 7) is 3.85. The van der Waals surface area contributed by atoms with Crippen molar-refractivity contribution >= 4 is 12.0 Å². The molecule has 0 aromatic heterocycles. The van der Waals surface area contributed by atoms with Crippen LogP contribution in [0, 0.1) is 11.2 Å². The quantitative estimate of drug-likeness (QED) is 0.779. The number of hydrogen-bond donors (Lipinski definition) is 1. The van der Waals surface area contributed by atoms with E-state index in [1.54, 1.807) is 24.3 Å². The second kappa shape index (κ2) is 5.05. The van der Waals surface area contributed by atoms with E-state index >= 15 is 0 Å². The lowest BCUT2D eigenvalue weighted by molar-refractivity contribution is -0.117. The van der Waals surface area contributed by atoms with Crippen molar-refractivity contribution in [1.82, 2.24) is 5.32 Å². The predicted molar refractivity (Wildman–Crippen MR) is 81.7 cm³/mol. The van der Waals surface area contributed by atoms with Crippen molar-refractivity contribution in [2.45, 2.75) is 13.8 Å². The molecule has 0 spiro atoms. The lowest BCUT2D eigenvalue weighted by Crippen LogP contribution is -2.41. The summed E-state index contributed by atoms with van der Waals surface area (Å²) in [6, 6.07) is 5.81. The number of benzene rings is 1. The lowest BCUT2D eigenvalue weighted by atomic mass is 9.74. The Hall–Kier alpha value is -2.49. The molecule has 1 heterocycles. The molecule has 0 atom stereocenters. The van der Waals surface area contributed by atoms with Crippen molar-refractivity contribution in [1.29, 1.82) is 0 Å². The largest absolute Gasteiger partial charge is 0.325 e. The molecule has 112 valence electrons. The Morgan fingerprint density at radius 3 is 2.45 bits per heavy atom. The number of halogens is 2. The van der Waals surface area contributed by atoms with Crippen LogP contribution >= 0.6 is 0 Å². The number of piperidine rings is 1. The van der Waals surface area contributed by atoms with Gasteiger partial charge in [-0.05, 0) is 47.6 Å². The van der Waals surface area contributed by atoms with Gasteiger partial charge in [0, 0.05) is 16.7 Å². The third kappa shape index (κ3) is 2.41. The van der Waals surface area contributed by atoms with Gasteiger partial charge in [0.25, 0.3) is 5.91 Å². The summed E-state index contributed by atoms with van der Waals surface area (Å²) in [5.41, 5.74) is 1.83. The summed E-state index contributed by atoms with van der Waals surface area (Å²) in [6.07, 6.45) is 5.96. The maximum atomic E-state index is 13.8. The van der Waals surface area contributed by atoms with E-state index in [4.69, 9.17) is 0 Å². The molecule has 3 rings (SSSR count). The summed E-state index contributed by atoms with van der Waals surface area (Å²) in [4.78, 5) is 12.3. The molecule has 1 saturated heterocycles. The Bertz CT molecular complexity index is 765. The Balaban J connectivity index is 2.15. The first-order valence-electron chi connectivity index (χ1n) is 6.97. The van der Waals surface area contributed by atoms with E-state index in [1.807, 2.05) is 13.8 Å². The van der Waals surface area contributed by atoms with E-state index in [0.717, 1.165) is 0 Å². The number of allylic oxidation sites excluding steroid dienone is 5. The number of carbonyl (C=O) groups is 1.